The maximum Gasteiger partial charge on any atom is 0.307 e. The molecule has 0 aliphatic heterocycles. The number of thioether (sulfide) groups is 1. The van der Waals surface area contributed by atoms with Crippen molar-refractivity contribution in [3.05, 3.63) is 59.1 Å². The highest BCUT2D eigenvalue weighted by atomic mass is 32.2. The minimum Gasteiger partial charge on any atom is -0.339 e. The number of benzene rings is 2. The molecule has 0 fully saturated rings. The van der Waals surface area contributed by atoms with Crippen LogP contribution in [0.3, 0.4) is 0 Å². The number of amides is 2. The fourth-order valence-corrected chi connectivity index (χ4v) is 3.47. The van der Waals surface area contributed by atoms with Crippen LogP contribution in [0.1, 0.15) is 15.4 Å². The van der Waals surface area contributed by atoms with Gasteiger partial charge in [-0.25, -0.2) is 10.5 Å². The minimum absolute atomic E-state index is 0.207. The molecule has 0 radical (unpaired) electrons. The number of hydrogen-bond acceptors (Lipinski definition) is 6. The first-order chi connectivity index (χ1) is 12.7. The molecule has 0 saturated carbocycles. The molecule has 2 aromatic carbocycles. The summed E-state index contributed by atoms with van der Waals surface area (Å²) in [6, 6.07) is 14.6. The van der Waals surface area contributed by atoms with E-state index in [-0.39, 0.29) is 12.5 Å². The van der Waals surface area contributed by atoms with Gasteiger partial charge in [0.1, 0.15) is 0 Å². The highest BCUT2D eigenvalue weighted by Crippen LogP contribution is 2.21. The molecular formula is C18H13N3O3S2. The lowest BCUT2D eigenvalue weighted by Crippen LogP contribution is -2.23. The molecule has 3 N–H and O–H groups in total. The monoisotopic (exact) mass is 383 g/mol. The summed E-state index contributed by atoms with van der Waals surface area (Å²) >= 11 is 2.22. The lowest BCUT2D eigenvalue weighted by atomic mass is 10.2. The van der Waals surface area contributed by atoms with Crippen molar-refractivity contribution in [2.24, 2.45) is 0 Å². The average molecular weight is 383 g/mol. The van der Waals surface area contributed by atoms with Gasteiger partial charge >= 0.3 is 5.24 Å². The zero-order chi connectivity index (χ0) is 18.4. The summed E-state index contributed by atoms with van der Waals surface area (Å²) < 4.78 is 0.969. The van der Waals surface area contributed by atoms with Gasteiger partial charge in [0.05, 0.1) is 16.8 Å². The lowest BCUT2D eigenvalue weighted by molar-refractivity contribution is 0.0958. The third-order valence-corrected chi connectivity index (χ3v) is 5.03. The van der Waals surface area contributed by atoms with Crippen LogP contribution < -0.4 is 10.8 Å². The van der Waals surface area contributed by atoms with Crippen molar-refractivity contribution < 1.29 is 14.8 Å². The highest BCUT2D eigenvalue weighted by Gasteiger charge is 2.10. The molecule has 6 nitrogen and oxygen atoms in total. The molecule has 0 atom stereocenters. The molecule has 0 aliphatic rings. The summed E-state index contributed by atoms with van der Waals surface area (Å²) in [6.45, 7) is 0.207. The Bertz CT molecular complexity index is 971. The van der Waals surface area contributed by atoms with Gasteiger partial charge in [-0.05, 0) is 48.2 Å². The van der Waals surface area contributed by atoms with Gasteiger partial charge in [0.25, 0.3) is 5.91 Å². The Morgan fingerprint density at radius 1 is 1.15 bits per heavy atom. The van der Waals surface area contributed by atoms with Crippen molar-refractivity contribution >= 4 is 44.5 Å². The van der Waals surface area contributed by atoms with E-state index >= 15 is 0 Å². The van der Waals surface area contributed by atoms with Crippen molar-refractivity contribution in [1.82, 2.24) is 15.8 Å². The summed E-state index contributed by atoms with van der Waals surface area (Å²) in [5.74, 6) is 5.56. The van der Waals surface area contributed by atoms with E-state index in [1.807, 2.05) is 24.3 Å². The maximum atomic E-state index is 12.1. The number of aromatic nitrogens is 1. The number of hydroxylamine groups is 1. The van der Waals surface area contributed by atoms with Gasteiger partial charge in [-0.15, -0.1) is 11.3 Å². The summed E-state index contributed by atoms with van der Waals surface area (Å²) in [4.78, 5) is 28.1. The van der Waals surface area contributed by atoms with E-state index in [4.69, 9.17) is 5.21 Å². The molecule has 8 heteroatoms. The Hall–Kier alpha value is -2.86. The molecular weight excluding hydrogens is 370 g/mol. The molecule has 3 aromatic rings. The fraction of sp³-hybridized carbons (Fsp3) is 0.0556. The quantitative estimate of drug-likeness (QED) is 0.279. The Balaban J connectivity index is 1.54. The second-order valence-electron chi connectivity index (χ2n) is 5.00. The van der Waals surface area contributed by atoms with Crippen LogP contribution >= 0.6 is 23.1 Å². The maximum absolute atomic E-state index is 12.1. The third-order valence-electron chi connectivity index (χ3n) is 3.21. The van der Waals surface area contributed by atoms with Crippen molar-refractivity contribution in [2.45, 2.75) is 4.90 Å². The molecule has 0 spiro atoms. The van der Waals surface area contributed by atoms with Crippen molar-refractivity contribution in [1.29, 1.82) is 0 Å². The number of carbonyl (C=O) groups excluding carboxylic acids is 2. The minimum atomic E-state index is -0.554. The molecule has 2 amide bonds. The molecule has 0 saturated heterocycles. The van der Waals surface area contributed by atoms with Crippen LogP contribution in [0.5, 0.6) is 0 Å². The first-order valence-electron chi connectivity index (χ1n) is 7.50. The van der Waals surface area contributed by atoms with E-state index in [0.717, 1.165) is 27.5 Å². The average Bonchev–Trinajstić information content (AvgIpc) is 3.10. The first kappa shape index (κ1) is 17.9. The zero-order valence-electron chi connectivity index (χ0n) is 13.4. The third kappa shape index (κ3) is 4.61. The van der Waals surface area contributed by atoms with Gasteiger partial charge in [0.2, 0.25) is 0 Å². The Kier molecular flexibility index (Phi) is 5.86. The largest absolute Gasteiger partial charge is 0.339 e. The molecule has 0 aliphatic carbocycles. The van der Waals surface area contributed by atoms with Crippen LogP contribution in [0.4, 0.5) is 4.79 Å². The van der Waals surface area contributed by atoms with Gasteiger partial charge in [0.15, 0.2) is 5.01 Å². The zero-order valence-corrected chi connectivity index (χ0v) is 15.0. The molecule has 0 bridgehead atoms. The predicted octanol–water partition coefficient (Wildman–Crippen LogP) is 3.27. The predicted molar refractivity (Wildman–Crippen MR) is 101 cm³/mol. The van der Waals surface area contributed by atoms with E-state index < -0.39 is 5.24 Å². The summed E-state index contributed by atoms with van der Waals surface area (Å²) in [7, 11) is 0. The fourth-order valence-electron chi connectivity index (χ4n) is 2.05. The van der Waals surface area contributed by atoms with Gasteiger partial charge in [-0.1, -0.05) is 24.0 Å². The van der Waals surface area contributed by atoms with Crippen molar-refractivity contribution in [3.63, 3.8) is 0 Å². The molecule has 3 rings (SSSR count). The van der Waals surface area contributed by atoms with E-state index in [1.54, 1.807) is 29.7 Å². The van der Waals surface area contributed by atoms with Crippen LogP contribution in [-0.4, -0.2) is 27.9 Å². The second-order valence-corrected chi connectivity index (χ2v) is 7.07. The van der Waals surface area contributed by atoms with Crippen molar-refractivity contribution in [2.75, 3.05) is 6.54 Å². The van der Waals surface area contributed by atoms with E-state index in [0.29, 0.717) is 9.90 Å². The molecule has 0 unspecified atom stereocenters. The number of nitrogens with zero attached hydrogens (tertiary/aromatic N) is 1. The Morgan fingerprint density at radius 3 is 2.65 bits per heavy atom. The number of para-hydroxylation sites is 1. The number of rotatable bonds is 3. The van der Waals surface area contributed by atoms with Gasteiger partial charge in [-0.2, -0.15) is 0 Å². The molecule has 1 heterocycles. The standard InChI is InChI=1S/C18H13N3O3S2/c22-16(17-20-14-5-1-2-6-15(14)26-17)19-11-3-4-12-7-9-13(10-8-12)25-18(23)21-24/h1-2,5-10,24H,11H2,(H,19,22)(H,21,23). The van der Waals surface area contributed by atoms with E-state index in [2.05, 4.69) is 22.1 Å². The summed E-state index contributed by atoms with van der Waals surface area (Å²) in [6.07, 6.45) is 0. The number of hydrogen-bond donors (Lipinski definition) is 3. The normalized spacial score (nSPS) is 10.0. The van der Waals surface area contributed by atoms with Gasteiger partial charge in [-0.3, -0.25) is 14.8 Å². The van der Waals surface area contributed by atoms with Crippen molar-refractivity contribution in [3.8, 4) is 11.8 Å². The first-order valence-corrected chi connectivity index (χ1v) is 9.13. The number of thiazole rings is 1. The molecule has 130 valence electrons. The smallest absolute Gasteiger partial charge is 0.307 e. The SMILES string of the molecule is O=C(NO)Sc1ccc(C#CCNC(=O)c2nc3ccccc3s2)cc1. The van der Waals surface area contributed by atoms with E-state index in [9.17, 15) is 9.59 Å². The van der Waals surface area contributed by atoms with Crippen LogP contribution in [-0.2, 0) is 0 Å². The number of nitrogens with one attached hydrogen (secondary N) is 2. The van der Waals surface area contributed by atoms with Crippen LogP contribution in [0, 0.1) is 11.8 Å². The molecule has 1 aromatic heterocycles. The number of fused-ring (bicyclic) bond motifs is 1. The summed E-state index contributed by atoms with van der Waals surface area (Å²) in [5.41, 5.74) is 3.12. The Morgan fingerprint density at radius 2 is 1.92 bits per heavy atom. The topological polar surface area (TPSA) is 91.3 Å². The van der Waals surface area contributed by atoms with Crippen LogP contribution in [0.15, 0.2) is 53.4 Å². The van der Waals surface area contributed by atoms with Crippen LogP contribution in [0.2, 0.25) is 0 Å². The Labute approximate surface area is 157 Å². The number of carbonyl (C=O) groups is 2. The highest BCUT2D eigenvalue weighted by molar-refractivity contribution is 8.13. The second kappa shape index (κ2) is 8.49. The van der Waals surface area contributed by atoms with Crippen LogP contribution in [0.25, 0.3) is 10.2 Å². The van der Waals surface area contributed by atoms with Gasteiger partial charge in [0, 0.05) is 10.5 Å². The van der Waals surface area contributed by atoms with Gasteiger partial charge < -0.3 is 5.32 Å². The van der Waals surface area contributed by atoms with E-state index in [1.165, 1.54) is 11.3 Å². The molecule has 26 heavy (non-hydrogen) atoms. The lowest BCUT2D eigenvalue weighted by Gasteiger charge is -1.99. The summed E-state index contributed by atoms with van der Waals surface area (Å²) in [5, 5.41) is 11.1.